The average molecular weight is 549 g/mol. The van der Waals surface area contributed by atoms with Gasteiger partial charge in [-0.2, -0.15) is 0 Å². The molecule has 2 aromatic heterocycles. The van der Waals surface area contributed by atoms with E-state index in [0.29, 0.717) is 35.9 Å². The number of carbonyl (C=O) groups excluding carboxylic acids is 2. The van der Waals surface area contributed by atoms with Crippen LogP contribution in [-0.2, 0) is 9.59 Å². The van der Waals surface area contributed by atoms with Crippen molar-refractivity contribution in [1.29, 1.82) is 0 Å². The van der Waals surface area contributed by atoms with Gasteiger partial charge in [0, 0.05) is 33.7 Å². The van der Waals surface area contributed by atoms with E-state index in [4.69, 9.17) is 9.47 Å². The number of ether oxygens (including phenoxy) is 2. The Morgan fingerprint density at radius 1 is 0.684 bits per heavy atom. The zero-order valence-corrected chi connectivity index (χ0v) is 22.7. The molecule has 1 fully saturated rings. The zero-order chi connectivity index (χ0) is 26.5. The topological polar surface area (TPSA) is 102 Å². The molecule has 196 valence electrons. The molecule has 10 heteroatoms. The lowest BCUT2D eigenvalue weighted by Crippen LogP contribution is -2.31. The van der Waals surface area contributed by atoms with Gasteiger partial charge in [-0.3, -0.25) is 9.59 Å². The van der Waals surface area contributed by atoms with Crippen molar-refractivity contribution < 1.29 is 19.1 Å². The summed E-state index contributed by atoms with van der Waals surface area (Å²) in [6, 6.07) is 15.3. The number of carbonyl (C=O) groups is 2. The minimum absolute atomic E-state index is 0.0384. The van der Waals surface area contributed by atoms with Gasteiger partial charge in [0.2, 0.25) is 11.8 Å². The van der Waals surface area contributed by atoms with Crippen LogP contribution in [0.2, 0.25) is 0 Å². The maximum Gasteiger partial charge on any atom is 0.229 e. The third kappa shape index (κ3) is 6.03. The maximum absolute atomic E-state index is 12.9. The molecule has 0 atom stereocenters. The number of aromatic nitrogens is 2. The fraction of sp³-hybridized carbons (Fsp3) is 0.286. The molecular weight excluding hydrogens is 520 g/mol. The highest BCUT2D eigenvalue weighted by molar-refractivity contribution is 7.14. The fourth-order valence-corrected chi connectivity index (χ4v) is 5.93. The van der Waals surface area contributed by atoms with Gasteiger partial charge in [-0.05, 0) is 74.2 Å². The SMILES string of the molecule is COc1ccc(-c2csc(NC(=O)C3CCC(C(=O)Nc4nc(-c5ccc(OC)cc5)cs4)CC3)n2)cc1. The van der Waals surface area contributed by atoms with Crippen molar-refractivity contribution in [3.8, 4) is 34.0 Å². The molecule has 2 amide bonds. The summed E-state index contributed by atoms with van der Waals surface area (Å²) in [5.41, 5.74) is 3.55. The van der Waals surface area contributed by atoms with E-state index in [1.807, 2.05) is 59.3 Å². The third-order valence-electron chi connectivity index (χ3n) is 6.71. The van der Waals surface area contributed by atoms with E-state index in [1.54, 1.807) is 14.2 Å². The fourth-order valence-electron chi connectivity index (χ4n) is 4.48. The molecule has 0 saturated heterocycles. The Labute approximate surface area is 229 Å². The van der Waals surface area contributed by atoms with Crippen molar-refractivity contribution in [2.75, 3.05) is 24.9 Å². The molecule has 0 unspecified atom stereocenters. The summed E-state index contributed by atoms with van der Waals surface area (Å²) in [4.78, 5) is 34.9. The summed E-state index contributed by atoms with van der Waals surface area (Å²) in [5.74, 6) is 1.23. The second kappa shape index (κ2) is 11.7. The van der Waals surface area contributed by atoms with Crippen molar-refractivity contribution >= 4 is 44.8 Å². The van der Waals surface area contributed by atoms with Gasteiger partial charge in [0.05, 0.1) is 25.6 Å². The van der Waals surface area contributed by atoms with Gasteiger partial charge in [-0.25, -0.2) is 9.97 Å². The molecule has 2 heterocycles. The van der Waals surface area contributed by atoms with Crippen LogP contribution in [0.5, 0.6) is 11.5 Å². The van der Waals surface area contributed by atoms with Crippen molar-refractivity contribution in [2.24, 2.45) is 11.8 Å². The predicted molar refractivity (Wildman–Crippen MR) is 151 cm³/mol. The molecule has 0 spiro atoms. The van der Waals surface area contributed by atoms with Crippen LogP contribution in [0.15, 0.2) is 59.3 Å². The smallest absolute Gasteiger partial charge is 0.229 e. The largest absolute Gasteiger partial charge is 0.497 e. The zero-order valence-electron chi connectivity index (χ0n) is 21.1. The van der Waals surface area contributed by atoms with Crippen molar-refractivity contribution in [1.82, 2.24) is 9.97 Å². The first kappa shape index (κ1) is 25.9. The number of rotatable bonds is 8. The van der Waals surface area contributed by atoms with Crippen LogP contribution in [0.1, 0.15) is 25.7 Å². The Morgan fingerprint density at radius 3 is 1.39 bits per heavy atom. The first-order valence-electron chi connectivity index (χ1n) is 12.3. The van der Waals surface area contributed by atoms with E-state index in [-0.39, 0.29) is 23.7 Å². The van der Waals surface area contributed by atoms with Gasteiger partial charge in [0.15, 0.2) is 10.3 Å². The number of benzene rings is 2. The van der Waals surface area contributed by atoms with E-state index < -0.39 is 0 Å². The van der Waals surface area contributed by atoms with Crippen LogP contribution in [0.4, 0.5) is 10.3 Å². The molecule has 1 aliphatic carbocycles. The Morgan fingerprint density at radius 2 is 1.05 bits per heavy atom. The van der Waals surface area contributed by atoms with Crippen LogP contribution in [0.3, 0.4) is 0 Å². The van der Waals surface area contributed by atoms with Gasteiger partial charge in [0.25, 0.3) is 0 Å². The van der Waals surface area contributed by atoms with Crippen LogP contribution in [-0.4, -0.2) is 36.0 Å². The molecule has 1 aliphatic rings. The number of nitrogens with zero attached hydrogens (tertiary/aromatic N) is 2. The summed E-state index contributed by atoms with van der Waals surface area (Å²) in [5, 5.41) is 10.9. The highest BCUT2D eigenvalue weighted by atomic mass is 32.1. The normalized spacial score (nSPS) is 17.0. The van der Waals surface area contributed by atoms with Crippen molar-refractivity contribution in [3.63, 3.8) is 0 Å². The van der Waals surface area contributed by atoms with E-state index in [1.165, 1.54) is 22.7 Å². The molecule has 5 rings (SSSR count). The summed E-state index contributed by atoms with van der Waals surface area (Å²) in [6.07, 6.45) is 2.65. The summed E-state index contributed by atoms with van der Waals surface area (Å²) < 4.78 is 10.4. The molecule has 0 bridgehead atoms. The van der Waals surface area contributed by atoms with E-state index in [9.17, 15) is 9.59 Å². The van der Waals surface area contributed by atoms with Crippen LogP contribution in [0.25, 0.3) is 22.5 Å². The molecule has 2 N–H and O–H groups in total. The number of hydrogen-bond acceptors (Lipinski definition) is 8. The number of nitrogens with one attached hydrogen (secondary N) is 2. The Balaban J connectivity index is 1.10. The minimum Gasteiger partial charge on any atom is -0.497 e. The van der Waals surface area contributed by atoms with Crippen LogP contribution < -0.4 is 20.1 Å². The second-order valence-corrected chi connectivity index (χ2v) is 10.8. The Bertz CT molecular complexity index is 1280. The van der Waals surface area contributed by atoms with E-state index >= 15 is 0 Å². The Hall–Kier alpha value is -3.76. The van der Waals surface area contributed by atoms with E-state index in [0.717, 1.165) is 34.0 Å². The number of thiazole rings is 2. The first-order chi connectivity index (χ1) is 18.5. The molecule has 1 saturated carbocycles. The third-order valence-corrected chi connectivity index (χ3v) is 8.22. The van der Waals surface area contributed by atoms with Crippen LogP contribution in [0, 0.1) is 11.8 Å². The van der Waals surface area contributed by atoms with Crippen LogP contribution >= 0.6 is 22.7 Å². The molecular formula is C28H28N4O4S2. The molecule has 2 aromatic carbocycles. The van der Waals surface area contributed by atoms with Gasteiger partial charge in [-0.15, -0.1) is 22.7 Å². The molecule has 38 heavy (non-hydrogen) atoms. The van der Waals surface area contributed by atoms with Gasteiger partial charge in [-0.1, -0.05) is 0 Å². The standard InChI is InChI=1S/C28H28N4O4S2/c1-35-21-11-7-17(8-12-21)23-15-37-27(29-23)31-25(33)19-3-5-20(6-4-19)26(34)32-28-30-24(16-38-28)18-9-13-22(36-2)14-10-18/h7-16,19-20H,3-6H2,1-2H3,(H,29,31,33)(H,30,32,34). The highest BCUT2D eigenvalue weighted by Gasteiger charge is 2.30. The average Bonchev–Trinajstić information content (AvgIpc) is 3.63. The van der Waals surface area contributed by atoms with Gasteiger partial charge in [0.1, 0.15) is 11.5 Å². The van der Waals surface area contributed by atoms with Gasteiger partial charge < -0.3 is 20.1 Å². The quantitative estimate of drug-likeness (QED) is 0.267. The number of hydrogen-bond donors (Lipinski definition) is 2. The molecule has 8 nitrogen and oxygen atoms in total. The Kier molecular flexibility index (Phi) is 8.00. The van der Waals surface area contributed by atoms with Crippen molar-refractivity contribution in [3.05, 3.63) is 59.3 Å². The monoisotopic (exact) mass is 548 g/mol. The van der Waals surface area contributed by atoms with Gasteiger partial charge >= 0.3 is 0 Å². The summed E-state index contributed by atoms with van der Waals surface area (Å²) in [7, 11) is 3.26. The molecule has 0 radical (unpaired) electrons. The maximum atomic E-state index is 12.9. The minimum atomic E-state index is -0.131. The highest BCUT2D eigenvalue weighted by Crippen LogP contribution is 2.33. The van der Waals surface area contributed by atoms with Crippen molar-refractivity contribution in [2.45, 2.75) is 25.7 Å². The lowest BCUT2D eigenvalue weighted by molar-refractivity contribution is -0.125. The predicted octanol–water partition coefficient (Wildman–Crippen LogP) is 6.33. The number of anilines is 2. The lowest BCUT2D eigenvalue weighted by Gasteiger charge is -2.26. The molecule has 0 aliphatic heterocycles. The number of amides is 2. The second-order valence-electron chi connectivity index (χ2n) is 9.06. The first-order valence-corrected chi connectivity index (χ1v) is 14.1. The molecule has 4 aromatic rings. The lowest BCUT2D eigenvalue weighted by atomic mass is 9.81. The summed E-state index contributed by atoms with van der Waals surface area (Å²) in [6.45, 7) is 0. The summed E-state index contributed by atoms with van der Waals surface area (Å²) >= 11 is 2.81. The number of methoxy groups -OCH3 is 2. The van der Waals surface area contributed by atoms with E-state index in [2.05, 4.69) is 20.6 Å².